The van der Waals surface area contributed by atoms with E-state index >= 15 is 0 Å². The van der Waals surface area contributed by atoms with E-state index in [-0.39, 0.29) is 30.9 Å². The van der Waals surface area contributed by atoms with Gasteiger partial charge in [0.15, 0.2) is 0 Å². The minimum Gasteiger partial charge on any atom is -0.478 e. The van der Waals surface area contributed by atoms with E-state index in [1.807, 2.05) is 48.5 Å². The largest absolute Gasteiger partial charge is 0.478 e. The zero-order valence-electron chi connectivity index (χ0n) is 18.7. The SMILES string of the molecule is O=C(NCC1C(C(=O)NC2CC=C(C(=O)O)C2)C1(F)F)OCC1c2ccccc2-c2ccccc21. The van der Waals surface area contributed by atoms with Gasteiger partial charge in [0.25, 0.3) is 5.92 Å². The van der Waals surface area contributed by atoms with Gasteiger partial charge in [-0.25, -0.2) is 18.4 Å². The Kier molecular flexibility index (Phi) is 5.78. The van der Waals surface area contributed by atoms with Crippen molar-refractivity contribution in [3.8, 4) is 11.1 Å². The molecule has 9 heteroatoms. The molecule has 182 valence electrons. The van der Waals surface area contributed by atoms with Crippen molar-refractivity contribution in [3.05, 3.63) is 71.3 Å². The van der Waals surface area contributed by atoms with Crippen molar-refractivity contribution in [2.75, 3.05) is 13.2 Å². The molecule has 1 saturated carbocycles. The molecule has 3 aliphatic rings. The monoisotopic (exact) mass is 482 g/mol. The first kappa shape index (κ1) is 23.0. The Balaban J connectivity index is 1.12. The van der Waals surface area contributed by atoms with Gasteiger partial charge in [-0.15, -0.1) is 0 Å². The number of nitrogens with one attached hydrogen (secondary N) is 2. The Hall–Kier alpha value is -3.75. The van der Waals surface area contributed by atoms with Crippen molar-refractivity contribution in [2.45, 2.75) is 30.7 Å². The maximum Gasteiger partial charge on any atom is 0.407 e. The van der Waals surface area contributed by atoms with Crippen LogP contribution in [0.2, 0.25) is 0 Å². The van der Waals surface area contributed by atoms with Crippen molar-refractivity contribution in [1.29, 1.82) is 0 Å². The first-order valence-corrected chi connectivity index (χ1v) is 11.5. The number of benzene rings is 2. The van der Waals surface area contributed by atoms with Crippen LogP contribution in [0.15, 0.2) is 60.2 Å². The molecule has 0 aromatic heterocycles. The van der Waals surface area contributed by atoms with Crippen LogP contribution in [0.3, 0.4) is 0 Å². The van der Waals surface area contributed by atoms with Crippen LogP contribution in [0.1, 0.15) is 29.9 Å². The number of alkyl carbamates (subject to hydrolysis) is 1. The predicted octanol–water partition coefficient (Wildman–Crippen LogP) is 3.70. The molecule has 2 amide bonds. The molecule has 3 atom stereocenters. The van der Waals surface area contributed by atoms with E-state index in [1.165, 1.54) is 6.08 Å². The van der Waals surface area contributed by atoms with Gasteiger partial charge < -0.3 is 20.5 Å². The Bertz CT molecular complexity index is 1180. The average molecular weight is 482 g/mol. The Morgan fingerprint density at radius 1 is 1.03 bits per heavy atom. The number of carboxylic acid groups (broad SMARTS) is 1. The molecule has 0 radical (unpaired) electrons. The maximum absolute atomic E-state index is 14.2. The molecule has 0 spiro atoms. The molecule has 3 aliphatic carbocycles. The van der Waals surface area contributed by atoms with Crippen molar-refractivity contribution >= 4 is 18.0 Å². The van der Waals surface area contributed by atoms with Crippen molar-refractivity contribution in [2.24, 2.45) is 11.8 Å². The second kappa shape index (κ2) is 8.79. The van der Waals surface area contributed by atoms with Gasteiger partial charge in [0.1, 0.15) is 12.5 Å². The Morgan fingerprint density at radius 2 is 1.66 bits per heavy atom. The lowest BCUT2D eigenvalue weighted by molar-refractivity contribution is -0.133. The second-order valence-electron chi connectivity index (χ2n) is 9.14. The van der Waals surface area contributed by atoms with Gasteiger partial charge in [0.2, 0.25) is 5.91 Å². The first-order valence-electron chi connectivity index (χ1n) is 11.5. The van der Waals surface area contributed by atoms with Crippen LogP contribution in [-0.2, 0) is 14.3 Å². The molecule has 0 saturated heterocycles. The van der Waals surface area contributed by atoms with Crippen LogP contribution in [0.4, 0.5) is 13.6 Å². The van der Waals surface area contributed by atoms with Crippen LogP contribution >= 0.6 is 0 Å². The summed E-state index contributed by atoms with van der Waals surface area (Å²) in [4.78, 5) is 35.6. The highest BCUT2D eigenvalue weighted by Crippen LogP contribution is 2.55. The number of carbonyl (C=O) groups is 3. The molecule has 5 rings (SSSR count). The second-order valence-corrected chi connectivity index (χ2v) is 9.14. The maximum atomic E-state index is 14.2. The van der Waals surface area contributed by atoms with Crippen molar-refractivity contribution < 1.29 is 33.0 Å². The van der Waals surface area contributed by atoms with Gasteiger partial charge in [-0.1, -0.05) is 54.6 Å². The van der Waals surface area contributed by atoms with Crippen LogP contribution in [0.5, 0.6) is 0 Å². The summed E-state index contributed by atoms with van der Waals surface area (Å²) < 4.78 is 33.9. The van der Waals surface area contributed by atoms with Crippen molar-refractivity contribution in [1.82, 2.24) is 10.6 Å². The normalized spacial score (nSPS) is 23.6. The fourth-order valence-electron chi connectivity index (χ4n) is 5.14. The summed E-state index contributed by atoms with van der Waals surface area (Å²) >= 11 is 0. The molecule has 3 N–H and O–H groups in total. The number of aliphatic carboxylic acids is 1. The van der Waals surface area contributed by atoms with Crippen LogP contribution in [-0.4, -0.2) is 48.2 Å². The number of halogens is 2. The summed E-state index contributed by atoms with van der Waals surface area (Å²) in [5.41, 5.74) is 4.40. The van der Waals surface area contributed by atoms with Gasteiger partial charge in [-0.3, -0.25) is 4.79 Å². The molecule has 35 heavy (non-hydrogen) atoms. The highest BCUT2D eigenvalue weighted by molar-refractivity contribution is 5.88. The number of carbonyl (C=O) groups excluding carboxylic acids is 2. The zero-order valence-corrected chi connectivity index (χ0v) is 18.7. The Labute approximate surface area is 200 Å². The molecule has 2 aromatic rings. The molecule has 0 heterocycles. The third-order valence-corrected chi connectivity index (χ3v) is 7.03. The molecular weight excluding hydrogens is 458 g/mol. The zero-order chi connectivity index (χ0) is 24.7. The van der Waals surface area contributed by atoms with Gasteiger partial charge in [-0.2, -0.15) is 0 Å². The molecule has 0 bridgehead atoms. The van der Waals surface area contributed by atoms with Crippen LogP contribution < -0.4 is 10.6 Å². The molecular formula is C26H24F2N2O5. The van der Waals surface area contributed by atoms with Gasteiger partial charge >= 0.3 is 12.1 Å². The predicted molar refractivity (Wildman–Crippen MR) is 122 cm³/mol. The number of carboxylic acids is 1. The summed E-state index contributed by atoms with van der Waals surface area (Å²) in [6, 6.07) is 15.2. The standard InChI is InChI=1S/C26H24F2N2O5/c27-26(28)21(22(26)23(31)30-15-10-9-14(11-15)24(32)33)12-29-25(34)35-13-20-18-7-3-1-5-16(18)17-6-2-4-8-19(17)20/h1-9,15,20-22H,10-13H2,(H,29,34)(H,30,31)(H,32,33). The van der Waals surface area contributed by atoms with E-state index in [2.05, 4.69) is 10.6 Å². The van der Waals surface area contributed by atoms with E-state index in [4.69, 9.17) is 9.84 Å². The van der Waals surface area contributed by atoms with E-state index in [0.717, 1.165) is 22.3 Å². The third-order valence-electron chi connectivity index (χ3n) is 7.03. The van der Waals surface area contributed by atoms with E-state index < -0.39 is 48.3 Å². The fraction of sp³-hybridized carbons (Fsp3) is 0.346. The van der Waals surface area contributed by atoms with E-state index in [9.17, 15) is 23.2 Å². The molecule has 0 aliphatic heterocycles. The summed E-state index contributed by atoms with van der Waals surface area (Å²) in [6.45, 7) is -0.337. The number of rotatable bonds is 7. The molecule has 7 nitrogen and oxygen atoms in total. The summed E-state index contributed by atoms with van der Waals surface area (Å²) in [6.07, 6.45) is 1.05. The minimum absolute atomic E-state index is 0.0609. The lowest BCUT2D eigenvalue weighted by Gasteiger charge is -2.14. The number of fused-ring (bicyclic) bond motifs is 3. The average Bonchev–Trinajstić information content (AvgIpc) is 3.14. The van der Waals surface area contributed by atoms with Crippen molar-refractivity contribution in [3.63, 3.8) is 0 Å². The lowest BCUT2D eigenvalue weighted by atomic mass is 9.98. The quantitative estimate of drug-likeness (QED) is 0.558. The third kappa shape index (κ3) is 4.26. The summed E-state index contributed by atoms with van der Waals surface area (Å²) in [7, 11) is 0. The Morgan fingerprint density at radius 3 is 2.26 bits per heavy atom. The lowest BCUT2D eigenvalue weighted by Crippen LogP contribution is -2.36. The van der Waals surface area contributed by atoms with Gasteiger partial charge in [-0.05, 0) is 35.1 Å². The number of hydrogen-bond acceptors (Lipinski definition) is 4. The summed E-state index contributed by atoms with van der Waals surface area (Å²) in [5.74, 6) is -8.21. The number of hydrogen-bond donors (Lipinski definition) is 3. The van der Waals surface area contributed by atoms with Gasteiger partial charge in [0.05, 0.1) is 5.92 Å². The summed E-state index contributed by atoms with van der Waals surface area (Å²) in [5, 5.41) is 13.9. The van der Waals surface area contributed by atoms with Crippen LogP contribution in [0.25, 0.3) is 11.1 Å². The van der Waals surface area contributed by atoms with Crippen LogP contribution in [0, 0.1) is 11.8 Å². The fourth-order valence-corrected chi connectivity index (χ4v) is 5.14. The molecule has 3 unspecified atom stereocenters. The minimum atomic E-state index is -3.25. The first-order chi connectivity index (χ1) is 16.8. The topological polar surface area (TPSA) is 105 Å². The number of alkyl halides is 2. The highest BCUT2D eigenvalue weighted by atomic mass is 19.3. The highest BCUT2D eigenvalue weighted by Gasteiger charge is 2.71. The smallest absolute Gasteiger partial charge is 0.407 e. The molecule has 2 aromatic carbocycles. The van der Waals surface area contributed by atoms with E-state index in [0.29, 0.717) is 0 Å². The van der Waals surface area contributed by atoms with E-state index in [1.54, 1.807) is 0 Å². The number of ether oxygens (including phenoxy) is 1. The number of amides is 2. The van der Waals surface area contributed by atoms with Gasteiger partial charge in [0, 0.05) is 24.1 Å². The molecule has 1 fully saturated rings.